The molecule has 0 aliphatic carbocycles. The molecule has 12 aromatic rings. The molecule has 0 saturated heterocycles. The minimum absolute atomic E-state index is 1.11. The first-order valence-corrected chi connectivity index (χ1v) is 22.0. The fourth-order valence-corrected chi connectivity index (χ4v) is 9.62. The fraction of sp³-hybridized carbons (Fsp3) is 0. The summed E-state index contributed by atoms with van der Waals surface area (Å²) in [6.45, 7) is 0. The summed E-state index contributed by atoms with van der Waals surface area (Å²) in [6, 6.07) is 92.7. The normalized spacial score (nSPS) is 11.4. The van der Waals surface area contributed by atoms with E-state index >= 15 is 0 Å². The molecule has 0 unspecified atom stereocenters. The van der Waals surface area contributed by atoms with Crippen molar-refractivity contribution in [1.29, 1.82) is 0 Å². The molecular formula is C62H42N2. The van der Waals surface area contributed by atoms with Crippen molar-refractivity contribution < 1.29 is 0 Å². The number of hydrogen-bond acceptors (Lipinski definition) is 1. The van der Waals surface area contributed by atoms with Gasteiger partial charge in [-0.1, -0.05) is 182 Å². The van der Waals surface area contributed by atoms with Gasteiger partial charge >= 0.3 is 0 Å². The van der Waals surface area contributed by atoms with Crippen molar-refractivity contribution in [2.24, 2.45) is 0 Å². The lowest BCUT2D eigenvalue weighted by Crippen LogP contribution is -2.09. The number of hydrogen-bond donors (Lipinski definition) is 0. The lowest BCUT2D eigenvalue weighted by atomic mass is 9.94. The highest BCUT2D eigenvalue weighted by Crippen LogP contribution is 2.41. The van der Waals surface area contributed by atoms with Crippen molar-refractivity contribution in [2.45, 2.75) is 0 Å². The van der Waals surface area contributed by atoms with Crippen molar-refractivity contribution in [3.8, 4) is 50.2 Å². The first-order chi connectivity index (χ1) is 31.7. The Morgan fingerprint density at radius 2 is 0.797 bits per heavy atom. The summed E-state index contributed by atoms with van der Waals surface area (Å²) >= 11 is 0. The molecule has 0 aliphatic rings. The van der Waals surface area contributed by atoms with E-state index in [4.69, 9.17) is 0 Å². The smallest absolute Gasteiger partial charge is 0.0541 e. The van der Waals surface area contributed by atoms with E-state index in [9.17, 15) is 0 Å². The number of fused-ring (bicyclic) bond motifs is 5. The summed E-state index contributed by atoms with van der Waals surface area (Å²) in [5, 5.41) is 7.42. The Hall–Kier alpha value is -8.46. The SMILES string of the molecule is c1ccc(-c2cc(-c3cccc4ccccc34)cc(-n3c4ccccc4c4cc(-c5ccc(-c6cccc(N(c7ccccc7)c7ccc8ccccc8c7)c6)cc5)ccc43)c2)cc1. The minimum atomic E-state index is 1.11. The van der Waals surface area contributed by atoms with Gasteiger partial charge in [-0.25, -0.2) is 0 Å². The molecule has 11 aromatic carbocycles. The van der Waals surface area contributed by atoms with E-state index < -0.39 is 0 Å². The van der Waals surface area contributed by atoms with Gasteiger partial charge < -0.3 is 9.47 Å². The number of rotatable bonds is 8. The second-order valence-corrected chi connectivity index (χ2v) is 16.6. The molecule has 0 spiro atoms. The largest absolute Gasteiger partial charge is 0.310 e. The fourth-order valence-electron chi connectivity index (χ4n) is 9.62. The van der Waals surface area contributed by atoms with Crippen molar-refractivity contribution in [3.63, 3.8) is 0 Å². The summed E-state index contributed by atoms with van der Waals surface area (Å²) < 4.78 is 2.45. The van der Waals surface area contributed by atoms with Gasteiger partial charge in [0.15, 0.2) is 0 Å². The highest BCUT2D eigenvalue weighted by molar-refractivity contribution is 6.11. The number of nitrogens with zero attached hydrogens (tertiary/aromatic N) is 2. The zero-order chi connectivity index (χ0) is 42.4. The van der Waals surface area contributed by atoms with Gasteiger partial charge in [0.05, 0.1) is 11.0 Å². The Balaban J connectivity index is 0.929. The molecule has 0 aliphatic heterocycles. The van der Waals surface area contributed by atoms with Crippen LogP contribution in [0.25, 0.3) is 93.5 Å². The Kier molecular flexibility index (Phi) is 9.20. The topological polar surface area (TPSA) is 8.17 Å². The Labute approximate surface area is 373 Å². The van der Waals surface area contributed by atoms with Crippen molar-refractivity contribution in [3.05, 3.63) is 255 Å². The predicted molar refractivity (Wildman–Crippen MR) is 272 cm³/mol. The van der Waals surface area contributed by atoms with Crippen LogP contribution in [0.5, 0.6) is 0 Å². The lowest BCUT2D eigenvalue weighted by molar-refractivity contribution is 1.18. The van der Waals surface area contributed by atoms with Crippen LogP contribution in [0.15, 0.2) is 255 Å². The van der Waals surface area contributed by atoms with Gasteiger partial charge in [0, 0.05) is 33.5 Å². The van der Waals surface area contributed by atoms with Crippen molar-refractivity contribution >= 4 is 60.4 Å². The average Bonchev–Trinajstić information content (AvgIpc) is 3.70. The molecule has 0 amide bonds. The molecule has 0 saturated carbocycles. The first kappa shape index (κ1) is 37.3. The average molecular weight is 815 g/mol. The summed E-state index contributed by atoms with van der Waals surface area (Å²) in [7, 11) is 0. The van der Waals surface area contributed by atoms with Crippen LogP contribution in [0, 0.1) is 0 Å². The molecule has 0 fully saturated rings. The molecular weight excluding hydrogens is 773 g/mol. The molecule has 0 radical (unpaired) electrons. The van der Waals surface area contributed by atoms with Crippen LogP contribution in [0.2, 0.25) is 0 Å². The van der Waals surface area contributed by atoms with Crippen LogP contribution < -0.4 is 4.90 Å². The first-order valence-electron chi connectivity index (χ1n) is 22.0. The van der Waals surface area contributed by atoms with Crippen LogP contribution >= 0.6 is 0 Å². The summed E-state index contributed by atoms with van der Waals surface area (Å²) in [5.41, 5.74) is 16.4. The molecule has 300 valence electrons. The number of aromatic nitrogens is 1. The quantitative estimate of drug-likeness (QED) is 0.148. The van der Waals surface area contributed by atoms with Gasteiger partial charge in [-0.05, 0) is 139 Å². The van der Waals surface area contributed by atoms with E-state index in [-0.39, 0.29) is 0 Å². The predicted octanol–water partition coefficient (Wildman–Crippen LogP) is 17.2. The van der Waals surface area contributed by atoms with Gasteiger partial charge in [0.25, 0.3) is 0 Å². The van der Waals surface area contributed by atoms with Crippen LogP contribution in [-0.4, -0.2) is 4.57 Å². The Morgan fingerprint density at radius 1 is 0.250 bits per heavy atom. The molecule has 2 nitrogen and oxygen atoms in total. The van der Waals surface area contributed by atoms with E-state index in [0.29, 0.717) is 0 Å². The standard InChI is InChI=1S/C62H42N2/c1-3-15-43(16-4-1)51-37-52(58-27-14-20-47-18-9-10-25-57(47)58)41-56(40-51)64-61-28-12-11-26-59(61)60-42-50(34-36-62(60)64)46-31-29-45(30-32-46)49-21-13-24-54(38-49)63(53-22-5-2-6-23-53)55-35-33-44-17-7-8-19-48(44)39-55/h1-42H. The van der Waals surface area contributed by atoms with E-state index in [0.717, 1.165) is 22.7 Å². The maximum atomic E-state index is 2.45. The summed E-state index contributed by atoms with van der Waals surface area (Å²) in [6.07, 6.45) is 0. The van der Waals surface area contributed by atoms with E-state index in [1.807, 2.05) is 0 Å². The van der Waals surface area contributed by atoms with Gasteiger partial charge in [0.1, 0.15) is 0 Å². The van der Waals surface area contributed by atoms with Crippen molar-refractivity contribution in [2.75, 3.05) is 4.90 Å². The number of benzene rings is 11. The molecule has 0 bridgehead atoms. The van der Waals surface area contributed by atoms with Crippen LogP contribution in [-0.2, 0) is 0 Å². The zero-order valence-electron chi connectivity index (χ0n) is 35.1. The van der Waals surface area contributed by atoms with Gasteiger partial charge in [0.2, 0.25) is 0 Å². The maximum absolute atomic E-state index is 2.45. The minimum Gasteiger partial charge on any atom is -0.310 e. The van der Waals surface area contributed by atoms with Gasteiger partial charge in [-0.3, -0.25) is 0 Å². The van der Waals surface area contributed by atoms with Crippen LogP contribution in [0.3, 0.4) is 0 Å². The Morgan fingerprint density at radius 3 is 1.61 bits per heavy atom. The maximum Gasteiger partial charge on any atom is 0.0541 e. The van der Waals surface area contributed by atoms with Crippen LogP contribution in [0.1, 0.15) is 0 Å². The molecule has 12 rings (SSSR count). The van der Waals surface area contributed by atoms with E-state index in [1.54, 1.807) is 0 Å². The highest BCUT2D eigenvalue weighted by Gasteiger charge is 2.18. The van der Waals surface area contributed by atoms with Crippen molar-refractivity contribution in [1.82, 2.24) is 4.57 Å². The molecule has 0 N–H and O–H groups in total. The zero-order valence-corrected chi connectivity index (χ0v) is 35.1. The third-order valence-corrected chi connectivity index (χ3v) is 12.7. The second kappa shape index (κ2) is 15.8. The number of para-hydroxylation sites is 2. The second-order valence-electron chi connectivity index (χ2n) is 16.6. The highest BCUT2D eigenvalue weighted by atomic mass is 15.1. The molecule has 64 heavy (non-hydrogen) atoms. The molecule has 1 heterocycles. The van der Waals surface area contributed by atoms with Gasteiger partial charge in [-0.15, -0.1) is 0 Å². The summed E-state index contributed by atoms with van der Waals surface area (Å²) in [5.74, 6) is 0. The molecule has 2 heteroatoms. The summed E-state index contributed by atoms with van der Waals surface area (Å²) in [4.78, 5) is 2.35. The van der Waals surface area contributed by atoms with E-state index in [1.165, 1.54) is 87.9 Å². The lowest BCUT2D eigenvalue weighted by Gasteiger charge is -2.26. The molecule has 1 aromatic heterocycles. The van der Waals surface area contributed by atoms with Gasteiger partial charge in [-0.2, -0.15) is 0 Å². The number of anilines is 3. The van der Waals surface area contributed by atoms with E-state index in [2.05, 4.69) is 264 Å². The Bertz CT molecular complexity index is 3650. The third kappa shape index (κ3) is 6.70. The molecule has 0 atom stereocenters. The van der Waals surface area contributed by atoms with Crippen LogP contribution in [0.4, 0.5) is 17.1 Å². The monoisotopic (exact) mass is 814 g/mol. The third-order valence-electron chi connectivity index (χ3n) is 12.7.